The summed E-state index contributed by atoms with van der Waals surface area (Å²) in [6.07, 6.45) is 2.58. The van der Waals surface area contributed by atoms with Crippen molar-refractivity contribution in [3.05, 3.63) is 54.0 Å². The summed E-state index contributed by atoms with van der Waals surface area (Å²) in [6.45, 7) is 5.62. The highest BCUT2D eigenvalue weighted by Gasteiger charge is 2.54. The molecular weight excluding hydrogens is 328 g/mol. The van der Waals surface area contributed by atoms with Crippen LogP contribution < -0.4 is 10.1 Å². The molecule has 0 aromatic carbocycles. The van der Waals surface area contributed by atoms with Gasteiger partial charge in [0, 0.05) is 43.5 Å². The van der Waals surface area contributed by atoms with Crippen molar-refractivity contribution in [3.63, 3.8) is 0 Å². The molecule has 0 aliphatic carbocycles. The number of aryl methyl sites for hydroxylation is 1. The lowest BCUT2D eigenvalue weighted by molar-refractivity contribution is -0.128. The number of rotatable bonds is 5. The molecule has 2 aromatic rings. The molecule has 136 valence electrons. The van der Waals surface area contributed by atoms with Crippen LogP contribution in [-0.2, 0) is 11.3 Å². The van der Waals surface area contributed by atoms with E-state index in [4.69, 9.17) is 4.74 Å². The summed E-state index contributed by atoms with van der Waals surface area (Å²) in [5, 5.41) is 3.05. The van der Waals surface area contributed by atoms with Crippen LogP contribution in [-0.4, -0.2) is 47.0 Å². The number of hydrogen-bond donors (Lipinski definition) is 1. The highest BCUT2D eigenvalue weighted by molar-refractivity contribution is 5.86. The molecule has 2 saturated heterocycles. The monoisotopic (exact) mass is 352 g/mol. The van der Waals surface area contributed by atoms with Crippen molar-refractivity contribution in [2.24, 2.45) is 11.3 Å². The topological polar surface area (TPSA) is 67.4 Å². The number of ether oxygens (including phenoxy) is 1. The molecule has 6 nitrogen and oxygen atoms in total. The van der Waals surface area contributed by atoms with Gasteiger partial charge in [-0.25, -0.2) is 4.98 Å². The summed E-state index contributed by atoms with van der Waals surface area (Å²) in [5.41, 5.74) is 1.72. The van der Waals surface area contributed by atoms with Crippen LogP contribution in [0.2, 0.25) is 0 Å². The minimum absolute atomic E-state index is 0.159. The van der Waals surface area contributed by atoms with E-state index in [0.717, 1.165) is 37.4 Å². The number of amides is 1. The van der Waals surface area contributed by atoms with Crippen LogP contribution in [0, 0.1) is 18.3 Å². The Kier molecular flexibility index (Phi) is 4.59. The Balaban J connectivity index is 1.43. The first-order valence-corrected chi connectivity index (χ1v) is 9.13. The van der Waals surface area contributed by atoms with Gasteiger partial charge >= 0.3 is 0 Å². The third-order valence-corrected chi connectivity index (χ3v) is 5.52. The maximum Gasteiger partial charge on any atom is 0.228 e. The SMILES string of the molecule is Cc1cccc(CN2CC[C@@]3(C2)C(=O)NC[C@@H]3COc2ccccn2)n1. The summed E-state index contributed by atoms with van der Waals surface area (Å²) < 4.78 is 5.86. The first-order chi connectivity index (χ1) is 12.7. The Morgan fingerprint density at radius 2 is 2.23 bits per heavy atom. The van der Waals surface area contributed by atoms with Gasteiger partial charge in [-0.05, 0) is 38.1 Å². The Bertz CT molecular complexity index is 782. The Labute approximate surface area is 153 Å². The molecule has 2 fully saturated rings. The molecular formula is C20H24N4O2. The summed E-state index contributed by atoms with van der Waals surface area (Å²) in [5.74, 6) is 0.931. The van der Waals surface area contributed by atoms with E-state index < -0.39 is 0 Å². The van der Waals surface area contributed by atoms with Crippen LogP contribution >= 0.6 is 0 Å². The molecule has 26 heavy (non-hydrogen) atoms. The third kappa shape index (κ3) is 3.29. The van der Waals surface area contributed by atoms with E-state index in [1.54, 1.807) is 6.20 Å². The fourth-order valence-corrected chi connectivity index (χ4v) is 4.09. The lowest BCUT2D eigenvalue weighted by Gasteiger charge is -2.28. The van der Waals surface area contributed by atoms with Gasteiger partial charge in [-0.1, -0.05) is 12.1 Å². The molecule has 0 unspecified atom stereocenters. The van der Waals surface area contributed by atoms with Crippen LogP contribution in [0.15, 0.2) is 42.6 Å². The second-order valence-corrected chi connectivity index (χ2v) is 7.27. The van der Waals surface area contributed by atoms with Crippen LogP contribution in [0.5, 0.6) is 5.88 Å². The molecule has 1 spiro atoms. The van der Waals surface area contributed by atoms with Gasteiger partial charge in [0.1, 0.15) is 0 Å². The van der Waals surface area contributed by atoms with Gasteiger partial charge in [0.25, 0.3) is 0 Å². The van der Waals surface area contributed by atoms with E-state index in [2.05, 4.69) is 20.2 Å². The van der Waals surface area contributed by atoms with Gasteiger partial charge < -0.3 is 10.1 Å². The number of carbonyl (C=O) groups excluding carboxylic acids is 1. The van der Waals surface area contributed by atoms with Crippen LogP contribution in [0.4, 0.5) is 0 Å². The smallest absolute Gasteiger partial charge is 0.228 e. The van der Waals surface area contributed by atoms with Gasteiger partial charge in [0.15, 0.2) is 0 Å². The van der Waals surface area contributed by atoms with Gasteiger partial charge in [-0.15, -0.1) is 0 Å². The number of likely N-dealkylation sites (tertiary alicyclic amines) is 1. The van der Waals surface area contributed by atoms with E-state index in [1.165, 1.54) is 0 Å². The summed E-state index contributed by atoms with van der Waals surface area (Å²) in [4.78, 5) is 23.8. The van der Waals surface area contributed by atoms with E-state index in [9.17, 15) is 4.79 Å². The van der Waals surface area contributed by atoms with Gasteiger partial charge in [-0.2, -0.15) is 0 Å². The van der Waals surface area contributed by atoms with E-state index >= 15 is 0 Å². The third-order valence-electron chi connectivity index (χ3n) is 5.52. The average Bonchev–Trinajstić information content (AvgIpc) is 3.20. The molecule has 0 radical (unpaired) electrons. The minimum atomic E-state index is -0.362. The number of carbonyl (C=O) groups is 1. The fraction of sp³-hybridized carbons (Fsp3) is 0.450. The Hall–Kier alpha value is -2.47. The van der Waals surface area contributed by atoms with E-state index in [1.807, 2.05) is 43.3 Å². The highest BCUT2D eigenvalue weighted by atomic mass is 16.5. The zero-order valence-electron chi connectivity index (χ0n) is 15.0. The largest absolute Gasteiger partial charge is 0.477 e. The van der Waals surface area contributed by atoms with Crippen LogP contribution in [0.1, 0.15) is 17.8 Å². The first-order valence-electron chi connectivity index (χ1n) is 9.13. The predicted octanol–water partition coefficient (Wildman–Crippen LogP) is 1.80. The molecule has 1 amide bonds. The molecule has 4 rings (SSSR count). The molecule has 0 bridgehead atoms. The van der Waals surface area contributed by atoms with Crippen molar-refractivity contribution in [3.8, 4) is 5.88 Å². The minimum Gasteiger partial charge on any atom is -0.477 e. The maximum atomic E-state index is 12.6. The molecule has 6 heteroatoms. The second-order valence-electron chi connectivity index (χ2n) is 7.27. The highest BCUT2D eigenvalue weighted by Crippen LogP contribution is 2.42. The van der Waals surface area contributed by atoms with Crippen LogP contribution in [0.25, 0.3) is 0 Å². The molecule has 4 heterocycles. The number of nitrogens with one attached hydrogen (secondary N) is 1. The van der Waals surface area contributed by atoms with Crippen LogP contribution in [0.3, 0.4) is 0 Å². The fourth-order valence-electron chi connectivity index (χ4n) is 4.09. The number of nitrogens with zero attached hydrogens (tertiary/aromatic N) is 3. The Morgan fingerprint density at radius 3 is 3.04 bits per heavy atom. The molecule has 2 aromatic heterocycles. The van der Waals surface area contributed by atoms with Crippen molar-refractivity contribution < 1.29 is 9.53 Å². The zero-order chi connectivity index (χ0) is 18.0. The number of hydrogen-bond acceptors (Lipinski definition) is 5. The van der Waals surface area contributed by atoms with Crippen molar-refractivity contribution in [2.75, 3.05) is 26.2 Å². The van der Waals surface area contributed by atoms with Gasteiger partial charge in [0.05, 0.1) is 17.7 Å². The molecule has 2 atom stereocenters. The Morgan fingerprint density at radius 1 is 1.31 bits per heavy atom. The molecule has 0 saturated carbocycles. The van der Waals surface area contributed by atoms with E-state index in [-0.39, 0.29) is 17.2 Å². The summed E-state index contributed by atoms with van der Waals surface area (Å²) >= 11 is 0. The van der Waals surface area contributed by atoms with Crippen molar-refractivity contribution in [2.45, 2.75) is 19.9 Å². The van der Waals surface area contributed by atoms with Crippen molar-refractivity contribution in [1.29, 1.82) is 0 Å². The number of aromatic nitrogens is 2. The molecule has 1 N–H and O–H groups in total. The predicted molar refractivity (Wildman–Crippen MR) is 97.5 cm³/mol. The normalized spacial score (nSPS) is 25.6. The van der Waals surface area contributed by atoms with Crippen molar-refractivity contribution >= 4 is 5.91 Å². The molecule has 2 aliphatic heterocycles. The van der Waals surface area contributed by atoms with Gasteiger partial charge in [-0.3, -0.25) is 14.7 Å². The summed E-state index contributed by atoms with van der Waals surface area (Å²) in [7, 11) is 0. The number of pyridine rings is 2. The standard InChI is InChI=1S/C20H24N4O2/c1-15-5-4-6-17(23-15)12-24-10-8-20(14-24)16(11-22-19(20)25)13-26-18-7-2-3-9-21-18/h2-7,9,16H,8,10-14H2,1H3,(H,22,25)/t16-,20+/m1/s1. The summed E-state index contributed by atoms with van der Waals surface area (Å²) in [6, 6.07) is 11.7. The zero-order valence-corrected chi connectivity index (χ0v) is 15.0. The van der Waals surface area contributed by atoms with Gasteiger partial charge in [0.2, 0.25) is 11.8 Å². The maximum absolute atomic E-state index is 12.6. The molecule has 2 aliphatic rings. The first kappa shape index (κ1) is 17.0. The lowest BCUT2D eigenvalue weighted by Crippen LogP contribution is -2.40. The van der Waals surface area contributed by atoms with Crippen molar-refractivity contribution in [1.82, 2.24) is 20.2 Å². The second kappa shape index (κ2) is 7.03. The quantitative estimate of drug-likeness (QED) is 0.889. The lowest BCUT2D eigenvalue weighted by atomic mass is 9.77. The average molecular weight is 352 g/mol. The van der Waals surface area contributed by atoms with E-state index in [0.29, 0.717) is 19.0 Å².